The van der Waals surface area contributed by atoms with Crippen LogP contribution in [0.1, 0.15) is 16.8 Å². The highest BCUT2D eigenvalue weighted by molar-refractivity contribution is 6.10. The van der Waals surface area contributed by atoms with Gasteiger partial charge >= 0.3 is 0 Å². The number of carbonyl (C=O) groups is 1. The van der Waals surface area contributed by atoms with Crippen molar-refractivity contribution in [2.45, 2.75) is 13.8 Å². The Kier molecular flexibility index (Phi) is 6.87. The summed E-state index contributed by atoms with van der Waals surface area (Å²) in [5, 5.41) is 12.4. The van der Waals surface area contributed by atoms with Gasteiger partial charge in [-0.05, 0) is 56.3 Å². The van der Waals surface area contributed by atoms with E-state index in [4.69, 9.17) is 4.74 Å². The molecule has 0 aliphatic rings. The number of fused-ring (bicyclic) bond motifs is 1. The highest BCUT2D eigenvalue weighted by Gasteiger charge is 2.22. The number of rotatable bonds is 6. The maximum absolute atomic E-state index is 13.4. The number of hydrogen-bond donors (Lipinski definition) is 1. The number of anilines is 1. The minimum absolute atomic E-state index is 0.0157. The third kappa shape index (κ3) is 4.79. The van der Waals surface area contributed by atoms with Gasteiger partial charge in [-0.1, -0.05) is 42.0 Å². The van der Waals surface area contributed by atoms with Crippen LogP contribution in [0.25, 0.3) is 17.4 Å². The van der Waals surface area contributed by atoms with E-state index in [1.165, 1.54) is 15.3 Å². The van der Waals surface area contributed by atoms with E-state index >= 15 is 0 Å². The van der Waals surface area contributed by atoms with Crippen molar-refractivity contribution in [3.63, 3.8) is 0 Å². The van der Waals surface area contributed by atoms with Gasteiger partial charge in [0.2, 0.25) is 5.88 Å². The SMILES string of the molecule is Cc1ccc(Oc2nc3ccccn3c(=O)c2C=C(C#N)C(=O)Nc2c(C)n(C)n(-c3ccccc3)c2=O)cc1. The van der Waals surface area contributed by atoms with E-state index in [1.807, 2.05) is 31.2 Å². The molecule has 5 aromatic rings. The second-order valence-electron chi connectivity index (χ2n) is 9.04. The highest BCUT2D eigenvalue weighted by Crippen LogP contribution is 2.25. The van der Waals surface area contributed by atoms with Crippen LogP contribution in [0.2, 0.25) is 0 Å². The molecule has 3 aromatic heterocycles. The molecule has 0 bridgehead atoms. The Morgan fingerprint density at radius 1 is 0.975 bits per heavy atom. The number of benzene rings is 2. The predicted molar refractivity (Wildman–Crippen MR) is 151 cm³/mol. The lowest BCUT2D eigenvalue weighted by atomic mass is 10.1. The average Bonchev–Trinajstić information content (AvgIpc) is 3.17. The van der Waals surface area contributed by atoms with Crippen LogP contribution in [-0.4, -0.2) is 24.7 Å². The van der Waals surface area contributed by atoms with Crippen LogP contribution >= 0.6 is 0 Å². The first-order chi connectivity index (χ1) is 19.3. The molecule has 10 heteroatoms. The van der Waals surface area contributed by atoms with Crippen molar-refractivity contribution in [3.8, 4) is 23.4 Å². The summed E-state index contributed by atoms with van der Waals surface area (Å²) in [6.45, 7) is 3.61. The van der Waals surface area contributed by atoms with Gasteiger partial charge in [0.15, 0.2) is 0 Å². The largest absolute Gasteiger partial charge is 0.438 e. The summed E-state index contributed by atoms with van der Waals surface area (Å²) < 4.78 is 10.2. The first-order valence-electron chi connectivity index (χ1n) is 12.3. The molecule has 0 radical (unpaired) electrons. The number of ether oxygens (including phenoxy) is 1. The lowest BCUT2D eigenvalue weighted by molar-refractivity contribution is -0.112. The Labute approximate surface area is 228 Å². The van der Waals surface area contributed by atoms with Crippen LogP contribution in [0.3, 0.4) is 0 Å². The summed E-state index contributed by atoms with van der Waals surface area (Å²) >= 11 is 0. The summed E-state index contributed by atoms with van der Waals surface area (Å²) in [7, 11) is 1.69. The molecular weight excluding hydrogens is 508 g/mol. The first-order valence-corrected chi connectivity index (χ1v) is 12.3. The number of aryl methyl sites for hydroxylation is 1. The zero-order chi connectivity index (χ0) is 28.4. The molecule has 198 valence electrons. The minimum Gasteiger partial charge on any atom is -0.438 e. The lowest BCUT2D eigenvalue weighted by Gasteiger charge is -2.10. The van der Waals surface area contributed by atoms with Gasteiger partial charge in [-0.2, -0.15) is 10.2 Å². The van der Waals surface area contributed by atoms with Crippen molar-refractivity contribution in [1.29, 1.82) is 5.26 Å². The van der Waals surface area contributed by atoms with E-state index in [0.29, 0.717) is 22.8 Å². The van der Waals surface area contributed by atoms with Gasteiger partial charge in [0.1, 0.15) is 34.3 Å². The Morgan fingerprint density at radius 2 is 1.68 bits per heavy atom. The monoisotopic (exact) mass is 532 g/mol. The van der Waals surface area contributed by atoms with E-state index in [-0.39, 0.29) is 17.1 Å². The molecule has 0 fully saturated rings. The van der Waals surface area contributed by atoms with E-state index in [1.54, 1.807) is 73.3 Å². The normalized spacial score (nSPS) is 11.3. The maximum atomic E-state index is 13.4. The third-order valence-corrected chi connectivity index (χ3v) is 6.42. The standard InChI is InChI=1S/C30H24N6O4/c1-19-12-14-23(15-13-19)40-28-24(29(38)35-16-8-7-11-25(35)32-28)17-21(18-31)27(37)33-26-20(2)34(3)36(30(26)39)22-9-5-4-6-10-22/h4-17H,1-3H3,(H,33,37). The van der Waals surface area contributed by atoms with Crippen molar-refractivity contribution in [2.75, 3.05) is 5.32 Å². The number of nitriles is 1. The zero-order valence-corrected chi connectivity index (χ0v) is 22.0. The Balaban J connectivity index is 1.57. The van der Waals surface area contributed by atoms with E-state index in [2.05, 4.69) is 10.3 Å². The van der Waals surface area contributed by atoms with Crippen molar-refractivity contribution >= 4 is 23.3 Å². The summed E-state index contributed by atoms with van der Waals surface area (Å²) in [5.74, 6) is -0.493. The maximum Gasteiger partial charge on any atom is 0.295 e. The fourth-order valence-electron chi connectivity index (χ4n) is 4.19. The zero-order valence-electron chi connectivity index (χ0n) is 22.0. The number of hydrogen-bond acceptors (Lipinski definition) is 6. The van der Waals surface area contributed by atoms with Crippen molar-refractivity contribution in [3.05, 3.63) is 122 Å². The van der Waals surface area contributed by atoms with Crippen LogP contribution in [-0.2, 0) is 11.8 Å². The molecule has 0 saturated heterocycles. The fraction of sp³-hybridized carbons (Fsp3) is 0.100. The molecule has 0 spiro atoms. The van der Waals surface area contributed by atoms with E-state index in [9.17, 15) is 19.6 Å². The van der Waals surface area contributed by atoms with Crippen molar-refractivity contribution in [2.24, 2.45) is 7.05 Å². The molecule has 1 amide bonds. The van der Waals surface area contributed by atoms with Crippen molar-refractivity contribution in [1.82, 2.24) is 18.7 Å². The van der Waals surface area contributed by atoms with Gasteiger partial charge < -0.3 is 10.1 Å². The molecule has 0 aliphatic carbocycles. The molecule has 0 atom stereocenters. The van der Waals surface area contributed by atoms with Gasteiger partial charge in [-0.25, -0.2) is 4.68 Å². The number of amides is 1. The number of carbonyl (C=O) groups excluding carboxylic acids is 1. The number of nitrogens with zero attached hydrogens (tertiary/aromatic N) is 5. The third-order valence-electron chi connectivity index (χ3n) is 6.42. The molecule has 3 heterocycles. The van der Waals surface area contributed by atoms with Crippen LogP contribution in [0.15, 0.2) is 94.2 Å². The molecule has 5 rings (SSSR count). The number of nitrogens with one attached hydrogen (secondary N) is 1. The molecule has 0 aliphatic heterocycles. The number of para-hydroxylation sites is 1. The lowest BCUT2D eigenvalue weighted by Crippen LogP contribution is -2.24. The Bertz CT molecular complexity index is 1940. The van der Waals surface area contributed by atoms with Gasteiger partial charge in [0.25, 0.3) is 17.0 Å². The summed E-state index contributed by atoms with van der Waals surface area (Å²) in [4.78, 5) is 44.4. The smallest absolute Gasteiger partial charge is 0.295 e. The Hall–Kier alpha value is -5.69. The van der Waals surface area contributed by atoms with Crippen LogP contribution < -0.4 is 21.2 Å². The molecular formula is C30H24N6O4. The molecule has 10 nitrogen and oxygen atoms in total. The van der Waals surface area contributed by atoms with Crippen molar-refractivity contribution < 1.29 is 9.53 Å². The number of aromatic nitrogens is 4. The van der Waals surface area contributed by atoms with Gasteiger partial charge in [-0.15, -0.1) is 0 Å². The average molecular weight is 533 g/mol. The van der Waals surface area contributed by atoms with Gasteiger partial charge in [0, 0.05) is 13.2 Å². The fourth-order valence-corrected chi connectivity index (χ4v) is 4.19. The van der Waals surface area contributed by atoms with Gasteiger partial charge in [-0.3, -0.25) is 23.5 Å². The highest BCUT2D eigenvalue weighted by atomic mass is 16.5. The topological polar surface area (TPSA) is 123 Å². The second kappa shape index (κ2) is 10.6. The summed E-state index contributed by atoms with van der Waals surface area (Å²) in [6.07, 6.45) is 2.66. The number of pyridine rings is 1. The summed E-state index contributed by atoms with van der Waals surface area (Å²) in [6, 6.07) is 23.0. The molecule has 0 saturated carbocycles. The van der Waals surface area contributed by atoms with Crippen LogP contribution in [0.5, 0.6) is 11.6 Å². The molecule has 0 unspecified atom stereocenters. The predicted octanol–water partition coefficient (Wildman–Crippen LogP) is 4.14. The van der Waals surface area contributed by atoms with Gasteiger partial charge in [0.05, 0.1) is 11.4 Å². The van der Waals surface area contributed by atoms with Crippen LogP contribution in [0.4, 0.5) is 5.69 Å². The second-order valence-corrected chi connectivity index (χ2v) is 9.04. The molecule has 40 heavy (non-hydrogen) atoms. The summed E-state index contributed by atoms with van der Waals surface area (Å²) in [5.41, 5.74) is 0.962. The van der Waals surface area contributed by atoms with E-state index < -0.39 is 22.6 Å². The molecule has 1 N–H and O–H groups in total. The minimum atomic E-state index is -0.854. The molecule has 2 aromatic carbocycles. The first kappa shape index (κ1) is 25.9. The van der Waals surface area contributed by atoms with E-state index in [0.717, 1.165) is 11.6 Å². The quantitative estimate of drug-likeness (QED) is 0.259. The van der Waals surface area contributed by atoms with Crippen LogP contribution in [0, 0.1) is 25.2 Å². The Morgan fingerprint density at radius 3 is 2.38 bits per heavy atom.